The number of halogens is 2. The Hall–Kier alpha value is -3.30. The SMILES string of the molecule is O=C(c1ccccc1F)N(Cc1ccccc1OS(=O)(=O)c1ccc(F)cc1)C[C@H]1CCCO1. The Bertz CT molecular complexity index is 1260. The third-order valence-electron chi connectivity index (χ3n) is 5.48. The Morgan fingerprint density at radius 3 is 2.41 bits per heavy atom. The second-order valence-electron chi connectivity index (χ2n) is 7.90. The molecule has 1 aliphatic heterocycles. The maximum atomic E-state index is 14.4. The van der Waals surface area contributed by atoms with E-state index >= 15 is 0 Å². The van der Waals surface area contributed by atoms with Gasteiger partial charge in [-0.1, -0.05) is 30.3 Å². The minimum atomic E-state index is -4.24. The van der Waals surface area contributed by atoms with Crippen molar-refractivity contribution in [2.45, 2.75) is 30.4 Å². The van der Waals surface area contributed by atoms with Crippen molar-refractivity contribution in [3.05, 3.63) is 95.6 Å². The van der Waals surface area contributed by atoms with E-state index in [1.807, 2.05) is 0 Å². The maximum Gasteiger partial charge on any atom is 0.339 e. The molecule has 3 aromatic rings. The molecule has 0 radical (unpaired) electrons. The Balaban J connectivity index is 1.62. The highest BCUT2D eigenvalue weighted by atomic mass is 32.2. The lowest BCUT2D eigenvalue weighted by Crippen LogP contribution is -2.37. The summed E-state index contributed by atoms with van der Waals surface area (Å²) in [6.45, 7) is 0.774. The first-order valence-corrected chi connectivity index (χ1v) is 12.2. The first kappa shape index (κ1) is 23.8. The lowest BCUT2D eigenvalue weighted by Gasteiger charge is -2.26. The lowest BCUT2D eigenvalue weighted by atomic mass is 10.1. The molecule has 3 aromatic carbocycles. The molecule has 0 unspecified atom stereocenters. The Morgan fingerprint density at radius 1 is 1.00 bits per heavy atom. The van der Waals surface area contributed by atoms with Crippen LogP contribution in [-0.2, 0) is 21.4 Å². The summed E-state index contributed by atoms with van der Waals surface area (Å²) >= 11 is 0. The maximum absolute atomic E-state index is 14.4. The monoisotopic (exact) mass is 487 g/mol. The summed E-state index contributed by atoms with van der Waals surface area (Å²) in [6, 6.07) is 16.3. The molecule has 6 nitrogen and oxygen atoms in total. The summed E-state index contributed by atoms with van der Waals surface area (Å²) in [5, 5.41) is 0. The molecule has 1 aliphatic rings. The predicted octanol–water partition coefficient (Wildman–Crippen LogP) is 4.55. The number of nitrogens with zero attached hydrogens (tertiary/aromatic N) is 1. The van der Waals surface area contributed by atoms with Crippen LogP contribution in [0, 0.1) is 11.6 Å². The normalized spacial score (nSPS) is 15.8. The molecule has 34 heavy (non-hydrogen) atoms. The molecule has 0 spiro atoms. The van der Waals surface area contributed by atoms with Crippen LogP contribution in [-0.4, -0.2) is 38.5 Å². The number of hydrogen-bond acceptors (Lipinski definition) is 5. The van der Waals surface area contributed by atoms with E-state index in [0.717, 1.165) is 37.1 Å². The average molecular weight is 488 g/mol. The molecular weight excluding hydrogens is 464 g/mol. The second kappa shape index (κ2) is 10.3. The van der Waals surface area contributed by atoms with Crippen molar-refractivity contribution < 1.29 is 30.9 Å². The van der Waals surface area contributed by atoms with Crippen LogP contribution in [0.2, 0.25) is 0 Å². The number of benzene rings is 3. The van der Waals surface area contributed by atoms with Gasteiger partial charge in [-0.2, -0.15) is 8.42 Å². The van der Waals surface area contributed by atoms with E-state index < -0.39 is 27.7 Å². The van der Waals surface area contributed by atoms with E-state index in [4.69, 9.17) is 8.92 Å². The van der Waals surface area contributed by atoms with Gasteiger partial charge in [0.15, 0.2) is 0 Å². The molecule has 1 amide bonds. The third kappa shape index (κ3) is 5.60. The van der Waals surface area contributed by atoms with Gasteiger partial charge in [-0.15, -0.1) is 0 Å². The number of carbonyl (C=O) groups excluding carboxylic acids is 1. The third-order valence-corrected chi connectivity index (χ3v) is 6.72. The minimum Gasteiger partial charge on any atom is -0.379 e. The topological polar surface area (TPSA) is 72.9 Å². The molecule has 1 saturated heterocycles. The summed E-state index contributed by atoms with van der Waals surface area (Å²) in [4.78, 5) is 14.5. The van der Waals surface area contributed by atoms with Gasteiger partial charge in [0.2, 0.25) is 0 Å². The zero-order chi connectivity index (χ0) is 24.1. The number of amides is 1. The highest BCUT2D eigenvalue weighted by Crippen LogP contribution is 2.26. The van der Waals surface area contributed by atoms with E-state index in [1.165, 1.54) is 29.2 Å². The van der Waals surface area contributed by atoms with Gasteiger partial charge in [-0.3, -0.25) is 4.79 Å². The second-order valence-corrected chi connectivity index (χ2v) is 9.45. The van der Waals surface area contributed by atoms with Crippen LogP contribution in [0.3, 0.4) is 0 Å². The number of para-hydroxylation sites is 1. The van der Waals surface area contributed by atoms with Crippen LogP contribution in [0.25, 0.3) is 0 Å². The van der Waals surface area contributed by atoms with Crippen molar-refractivity contribution in [2.24, 2.45) is 0 Å². The molecule has 1 fully saturated rings. The highest BCUT2D eigenvalue weighted by Gasteiger charge is 2.27. The van der Waals surface area contributed by atoms with Gasteiger partial charge in [0, 0.05) is 25.3 Å². The standard InChI is InChI=1S/C25H23F2NO5S/c26-19-11-13-21(14-12-19)34(30,31)33-24-10-4-1-6-18(24)16-28(17-20-7-5-15-32-20)25(29)22-8-2-3-9-23(22)27/h1-4,6,8-14,20H,5,7,15-17H2/t20-/m1/s1. The molecule has 0 aromatic heterocycles. The van der Waals surface area contributed by atoms with Gasteiger partial charge < -0.3 is 13.8 Å². The lowest BCUT2D eigenvalue weighted by molar-refractivity contribution is 0.0503. The largest absolute Gasteiger partial charge is 0.379 e. The number of carbonyl (C=O) groups is 1. The van der Waals surface area contributed by atoms with Crippen LogP contribution in [0.4, 0.5) is 8.78 Å². The fraction of sp³-hybridized carbons (Fsp3) is 0.240. The minimum absolute atomic E-state index is 0.0190. The van der Waals surface area contributed by atoms with Gasteiger partial charge in [0.1, 0.15) is 22.3 Å². The predicted molar refractivity (Wildman–Crippen MR) is 121 cm³/mol. The first-order valence-electron chi connectivity index (χ1n) is 10.8. The van der Waals surface area contributed by atoms with Crippen LogP contribution in [0.1, 0.15) is 28.8 Å². The van der Waals surface area contributed by atoms with E-state index in [9.17, 15) is 22.0 Å². The summed E-state index contributed by atoms with van der Waals surface area (Å²) in [7, 11) is -4.24. The quantitative estimate of drug-likeness (QED) is 0.436. The Labute approximate surface area is 196 Å². The van der Waals surface area contributed by atoms with Crippen molar-refractivity contribution >= 4 is 16.0 Å². The van der Waals surface area contributed by atoms with Gasteiger partial charge >= 0.3 is 10.1 Å². The van der Waals surface area contributed by atoms with Crippen molar-refractivity contribution in [3.8, 4) is 5.75 Å². The van der Waals surface area contributed by atoms with E-state index in [0.29, 0.717) is 12.2 Å². The number of rotatable bonds is 8. The molecular formula is C25H23F2NO5S. The van der Waals surface area contributed by atoms with Gasteiger partial charge in [0.25, 0.3) is 5.91 Å². The van der Waals surface area contributed by atoms with Crippen LogP contribution in [0.15, 0.2) is 77.7 Å². The average Bonchev–Trinajstić information content (AvgIpc) is 3.33. The molecule has 178 valence electrons. The molecule has 0 aliphatic carbocycles. The number of ether oxygens (including phenoxy) is 1. The zero-order valence-electron chi connectivity index (χ0n) is 18.2. The molecule has 0 saturated carbocycles. The summed E-state index contributed by atoms with van der Waals surface area (Å²) in [5.41, 5.74) is 0.328. The zero-order valence-corrected chi connectivity index (χ0v) is 19.0. The van der Waals surface area contributed by atoms with Crippen molar-refractivity contribution in [3.63, 3.8) is 0 Å². The van der Waals surface area contributed by atoms with Crippen molar-refractivity contribution in [2.75, 3.05) is 13.2 Å². The van der Waals surface area contributed by atoms with Crippen molar-refractivity contribution in [1.82, 2.24) is 4.90 Å². The summed E-state index contributed by atoms with van der Waals surface area (Å²) in [5.74, 6) is -1.74. The molecule has 4 rings (SSSR count). The van der Waals surface area contributed by atoms with Crippen LogP contribution in [0.5, 0.6) is 5.75 Å². The van der Waals surface area contributed by atoms with E-state index in [2.05, 4.69) is 0 Å². The first-order chi connectivity index (χ1) is 16.3. The van der Waals surface area contributed by atoms with E-state index in [-0.39, 0.29) is 35.4 Å². The molecule has 1 heterocycles. The Morgan fingerprint density at radius 2 is 1.71 bits per heavy atom. The summed E-state index contributed by atoms with van der Waals surface area (Å²) in [6.07, 6.45) is 1.42. The molecule has 0 N–H and O–H groups in total. The molecule has 0 bridgehead atoms. The fourth-order valence-electron chi connectivity index (χ4n) is 3.75. The smallest absolute Gasteiger partial charge is 0.339 e. The van der Waals surface area contributed by atoms with Crippen LogP contribution < -0.4 is 4.18 Å². The fourth-order valence-corrected chi connectivity index (χ4v) is 4.71. The molecule has 1 atom stereocenters. The van der Waals surface area contributed by atoms with Crippen molar-refractivity contribution in [1.29, 1.82) is 0 Å². The number of hydrogen-bond donors (Lipinski definition) is 0. The molecule has 9 heteroatoms. The van der Waals surface area contributed by atoms with Gasteiger partial charge in [-0.25, -0.2) is 8.78 Å². The Kier molecular flexibility index (Phi) is 7.23. The van der Waals surface area contributed by atoms with E-state index in [1.54, 1.807) is 24.3 Å². The summed E-state index contributed by atoms with van der Waals surface area (Å²) < 4.78 is 64.1. The van der Waals surface area contributed by atoms with Crippen LogP contribution >= 0.6 is 0 Å². The van der Waals surface area contributed by atoms with Gasteiger partial charge in [-0.05, 0) is 55.3 Å². The highest BCUT2D eigenvalue weighted by molar-refractivity contribution is 7.87. The van der Waals surface area contributed by atoms with Gasteiger partial charge in [0.05, 0.1) is 11.7 Å².